The van der Waals surface area contributed by atoms with Crippen LogP contribution in [0, 0.1) is 0 Å². The van der Waals surface area contributed by atoms with E-state index in [1.165, 1.54) is 25.7 Å². The number of carboxylic acids is 1. The van der Waals surface area contributed by atoms with Crippen LogP contribution in [-0.4, -0.2) is 11.1 Å². The Morgan fingerprint density at radius 1 is 1.07 bits per heavy atom. The summed E-state index contributed by atoms with van der Waals surface area (Å²) >= 11 is 0. The van der Waals surface area contributed by atoms with E-state index in [2.05, 4.69) is 6.58 Å². The fraction of sp³-hybridized carbons (Fsp3) is 0.727. The van der Waals surface area contributed by atoms with Crippen LogP contribution in [0.25, 0.3) is 0 Å². The first kappa shape index (κ1) is 16.4. The van der Waals surface area contributed by atoms with Crippen molar-refractivity contribution < 1.29 is 32.3 Å². The monoisotopic (exact) mass is 291 g/mol. The number of unbranched alkanes of at least 4 members (excludes halogenated alkanes) is 6. The summed E-state index contributed by atoms with van der Waals surface area (Å²) in [4.78, 5) is 10.2. The number of carbonyl (C=O) groups is 1. The molecule has 0 bridgehead atoms. The Bertz CT molecular complexity index is 146. The molecular weight excluding hydrogens is 272 g/mol. The Morgan fingerprint density at radius 2 is 1.57 bits per heavy atom. The van der Waals surface area contributed by atoms with Crippen LogP contribution in [0.1, 0.15) is 51.4 Å². The minimum atomic E-state index is -0.674. The molecule has 0 aliphatic rings. The summed E-state index contributed by atoms with van der Waals surface area (Å²) in [5, 5.41) is 8.38. The molecule has 0 saturated heterocycles. The van der Waals surface area contributed by atoms with Gasteiger partial charge in [0.05, 0.1) is 0 Å². The van der Waals surface area contributed by atoms with E-state index < -0.39 is 5.97 Å². The van der Waals surface area contributed by atoms with Gasteiger partial charge in [0.2, 0.25) is 0 Å². The molecule has 0 aromatic rings. The van der Waals surface area contributed by atoms with Gasteiger partial charge in [-0.25, -0.2) is 0 Å². The van der Waals surface area contributed by atoms with Gasteiger partial charge in [-0.1, -0.05) is 31.8 Å². The van der Waals surface area contributed by atoms with Crippen molar-refractivity contribution >= 4 is 5.97 Å². The van der Waals surface area contributed by atoms with Crippen molar-refractivity contribution in [2.24, 2.45) is 0 Å². The van der Waals surface area contributed by atoms with Gasteiger partial charge in [-0.3, -0.25) is 4.79 Å². The minimum Gasteiger partial charge on any atom is -0.481 e. The summed E-state index contributed by atoms with van der Waals surface area (Å²) in [6.45, 7) is 3.66. The molecule has 1 N–H and O–H groups in total. The number of hydrogen-bond donors (Lipinski definition) is 1. The molecule has 14 heavy (non-hydrogen) atoms. The predicted octanol–water partition coefficient (Wildman–Crippen LogP) is 3.38. The topological polar surface area (TPSA) is 37.3 Å². The zero-order valence-electron chi connectivity index (χ0n) is 8.60. The van der Waals surface area contributed by atoms with E-state index in [9.17, 15) is 4.79 Å². The molecule has 0 unspecified atom stereocenters. The summed E-state index contributed by atoms with van der Waals surface area (Å²) in [5.74, 6) is -0.674. The van der Waals surface area contributed by atoms with Crippen molar-refractivity contribution in [3.63, 3.8) is 0 Å². The Labute approximate surface area is 102 Å². The molecule has 0 atom stereocenters. The van der Waals surface area contributed by atoms with Crippen molar-refractivity contribution in [3.8, 4) is 0 Å². The predicted molar refractivity (Wildman–Crippen MR) is 54.8 cm³/mol. The molecule has 2 nitrogen and oxygen atoms in total. The van der Waals surface area contributed by atoms with Crippen molar-refractivity contribution in [2.45, 2.75) is 51.4 Å². The Morgan fingerprint density at radius 3 is 2.07 bits per heavy atom. The standard InChI is InChI=1S/C11H20O2.Ag/c1-2-3-4-5-6-7-8-9-10-11(12)13;/h2H,1,3-10H2,(H,12,13);. The molecule has 0 aliphatic heterocycles. The average Bonchev–Trinajstić information content (AvgIpc) is 2.09. The summed E-state index contributed by atoms with van der Waals surface area (Å²) in [6.07, 6.45) is 10.1. The van der Waals surface area contributed by atoms with Crippen LogP contribution >= 0.6 is 0 Å². The summed E-state index contributed by atoms with van der Waals surface area (Å²) in [7, 11) is 0. The SMILES string of the molecule is C=CCCCCCCCCC(=O)O.[Ag]. The van der Waals surface area contributed by atoms with Crippen LogP contribution in [0.3, 0.4) is 0 Å². The Kier molecular flexibility index (Phi) is 15.2. The van der Waals surface area contributed by atoms with E-state index >= 15 is 0 Å². The minimum absolute atomic E-state index is 0. The molecule has 0 heterocycles. The van der Waals surface area contributed by atoms with Gasteiger partial charge in [0, 0.05) is 28.8 Å². The first-order chi connectivity index (χ1) is 6.27. The maximum atomic E-state index is 10.2. The molecule has 0 aromatic carbocycles. The van der Waals surface area contributed by atoms with Gasteiger partial charge in [-0.2, -0.15) is 0 Å². The second-order valence-electron chi connectivity index (χ2n) is 3.34. The van der Waals surface area contributed by atoms with E-state index in [0.717, 1.165) is 19.3 Å². The largest absolute Gasteiger partial charge is 0.481 e. The van der Waals surface area contributed by atoms with Crippen molar-refractivity contribution in [1.82, 2.24) is 0 Å². The molecule has 0 amide bonds. The van der Waals surface area contributed by atoms with Crippen LogP contribution < -0.4 is 0 Å². The first-order valence-electron chi connectivity index (χ1n) is 5.10. The number of allylic oxidation sites excluding steroid dienone is 1. The molecule has 0 aromatic heterocycles. The molecule has 3 heteroatoms. The molecule has 0 spiro atoms. The smallest absolute Gasteiger partial charge is 0.303 e. The molecule has 0 rings (SSSR count). The average molecular weight is 292 g/mol. The van der Waals surface area contributed by atoms with E-state index in [4.69, 9.17) is 5.11 Å². The Balaban J connectivity index is 0. The summed E-state index contributed by atoms with van der Waals surface area (Å²) < 4.78 is 0. The van der Waals surface area contributed by atoms with Gasteiger partial charge < -0.3 is 5.11 Å². The maximum Gasteiger partial charge on any atom is 0.303 e. The molecular formula is C11H20AgO2. The van der Waals surface area contributed by atoms with Gasteiger partial charge in [0.1, 0.15) is 0 Å². The second-order valence-corrected chi connectivity index (χ2v) is 3.34. The van der Waals surface area contributed by atoms with Gasteiger partial charge in [-0.05, 0) is 19.3 Å². The van der Waals surface area contributed by atoms with Gasteiger partial charge in [0.25, 0.3) is 0 Å². The third-order valence-corrected chi connectivity index (χ3v) is 2.05. The second kappa shape index (κ2) is 13.0. The molecule has 87 valence electrons. The fourth-order valence-electron chi connectivity index (χ4n) is 1.27. The number of hydrogen-bond acceptors (Lipinski definition) is 1. The zero-order chi connectivity index (χ0) is 9.94. The van der Waals surface area contributed by atoms with E-state index in [0.29, 0.717) is 6.42 Å². The summed E-state index contributed by atoms with van der Waals surface area (Å²) in [6, 6.07) is 0. The third kappa shape index (κ3) is 14.5. The van der Waals surface area contributed by atoms with Crippen LogP contribution in [0.15, 0.2) is 12.7 Å². The van der Waals surface area contributed by atoms with Gasteiger partial charge in [0.15, 0.2) is 0 Å². The first-order valence-corrected chi connectivity index (χ1v) is 5.10. The molecule has 0 fully saturated rings. The number of carboxylic acid groups (broad SMARTS) is 1. The van der Waals surface area contributed by atoms with Crippen molar-refractivity contribution in [3.05, 3.63) is 12.7 Å². The molecule has 0 saturated carbocycles. The quantitative estimate of drug-likeness (QED) is 0.402. The number of rotatable bonds is 9. The van der Waals surface area contributed by atoms with E-state index in [1.54, 1.807) is 0 Å². The van der Waals surface area contributed by atoms with Crippen molar-refractivity contribution in [2.75, 3.05) is 0 Å². The fourth-order valence-corrected chi connectivity index (χ4v) is 1.27. The number of aliphatic carboxylic acids is 1. The Hall–Kier alpha value is -0.0497. The van der Waals surface area contributed by atoms with Crippen molar-refractivity contribution in [1.29, 1.82) is 0 Å². The van der Waals surface area contributed by atoms with Crippen LogP contribution in [0.2, 0.25) is 0 Å². The van der Waals surface area contributed by atoms with Crippen LogP contribution in [-0.2, 0) is 27.2 Å². The zero-order valence-corrected chi connectivity index (χ0v) is 10.1. The normalized spacial score (nSPS) is 9.14. The van der Waals surface area contributed by atoms with E-state index in [-0.39, 0.29) is 22.4 Å². The molecule has 0 aliphatic carbocycles. The summed E-state index contributed by atoms with van der Waals surface area (Å²) in [5.41, 5.74) is 0. The van der Waals surface area contributed by atoms with Gasteiger partial charge in [-0.15, -0.1) is 6.58 Å². The van der Waals surface area contributed by atoms with Crippen LogP contribution in [0.4, 0.5) is 0 Å². The maximum absolute atomic E-state index is 10.2. The van der Waals surface area contributed by atoms with Crippen LogP contribution in [0.5, 0.6) is 0 Å². The van der Waals surface area contributed by atoms with Gasteiger partial charge >= 0.3 is 5.97 Å². The van der Waals surface area contributed by atoms with E-state index in [1.807, 2.05) is 6.08 Å². The molecule has 1 radical (unpaired) electrons. The third-order valence-electron chi connectivity index (χ3n) is 2.05.